The number of rotatable bonds is 6. The third kappa shape index (κ3) is 3.96. The smallest absolute Gasteiger partial charge is 0.321 e. The summed E-state index contributed by atoms with van der Waals surface area (Å²) in [7, 11) is -1.34. The van der Waals surface area contributed by atoms with E-state index >= 15 is 0 Å². The quantitative estimate of drug-likeness (QED) is 0.710. The summed E-state index contributed by atoms with van der Waals surface area (Å²) < 4.78 is 25.5. The third-order valence-electron chi connectivity index (χ3n) is 2.41. The molecular weight excluding hydrogens is 246 g/mol. The van der Waals surface area contributed by atoms with E-state index in [0.29, 0.717) is 0 Å². The van der Waals surface area contributed by atoms with Crippen LogP contribution in [-0.2, 0) is 15.0 Å². The summed E-state index contributed by atoms with van der Waals surface area (Å²) in [5, 5.41) is 17.4. The standard InChI is InChI=1S/C9H17N3O4S/c1-7(5-10)6-11(3)17(15,16)12(4)8(2)9(13)14/h7-8H,6H2,1-4H3,(H,13,14). The molecule has 0 amide bonds. The molecular formula is C9H17N3O4S. The molecule has 17 heavy (non-hydrogen) atoms. The van der Waals surface area contributed by atoms with Crippen molar-refractivity contribution in [1.29, 1.82) is 5.26 Å². The molecule has 0 spiro atoms. The van der Waals surface area contributed by atoms with Gasteiger partial charge in [0, 0.05) is 20.6 Å². The Bertz CT molecular complexity index is 414. The molecule has 1 N–H and O–H groups in total. The number of carbonyl (C=O) groups is 1. The number of aliphatic carboxylic acids is 1. The van der Waals surface area contributed by atoms with E-state index in [1.807, 2.05) is 6.07 Å². The van der Waals surface area contributed by atoms with E-state index < -0.39 is 28.1 Å². The molecule has 2 atom stereocenters. The molecule has 0 aliphatic heterocycles. The molecule has 0 fully saturated rings. The van der Waals surface area contributed by atoms with Crippen LogP contribution in [0.2, 0.25) is 0 Å². The molecule has 8 heteroatoms. The largest absolute Gasteiger partial charge is 0.480 e. The van der Waals surface area contributed by atoms with Crippen LogP contribution in [0.4, 0.5) is 0 Å². The molecule has 0 bridgehead atoms. The first kappa shape index (κ1) is 15.8. The molecule has 0 rings (SSSR count). The minimum absolute atomic E-state index is 0.0233. The molecule has 0 aliphatic rings. The molecule has 0 aromatic rings. The van der Waals surface area contributed by atoms with Gasteiger partial charge in [-0.05, 0) is 13.8 Å². The van der Waals surface area contributed by atoms with Gasteiger partial charge < -0.3 is 5.11 Å². The zero-order valence-corrected chi connectivity index (χ0v) is 11.1. The van der Waals surface area contributed by atoms with Crippen molar-refractivity contribution in [2.75, 3.05) is 20.6 Å². The van der Waals surface area contributed by atoms with Gasteiger partial charge in [0.25, 0.3) is 10.2 Å². The summed E-state index contributed by atoms with van der Waals surface area (Å²) in [6, 6.07) is 0.765. The maximum absolute atomic E-state index is 11.9. The Morgan fingerprint density at radius 2 is 1.88 bits per heavy atom. The van der Waals surface area contributed by atoms with Crippen molar-refractivity contribution in [3.05, 3.63) is 0 Å². The lowest BCUT2D eigenvalue weighted by atomic mass is 10.2. The van der Waals surface area contributed by atoms with Crippen LogP contribution in [-0.4, -0.2) is 54.8 Å². The minimum atomic E-state index is -3.85. The fourth-order valence-electron chi connectivity index (χ4n) is 1.10. The lowest BCUT2D eigenvalue weighted by Gasteiger charge is -2.27. The average molecular weight is 263 g/mol. The molecule has 98 valence electrons. The Balaban J connectivity index is 4.90. The second-order valence-corrected chi connectivity index (χ2v) is 5.94. The third-order valence-corrected chi connectivity index (χ3v) is 4.39. The van der Waals surface area contributed by atoms with E-state index in [1.165, 1.54) is 21.0 Å². The van der Waals surface area contributed by atoms with E-state index in [1.54, 1.807) is 6.92 Å². The molecule has 0 saturated heterocycles. The van der Waals surface area contributed by atoms with Gasteiger partial charge in [-0.2, -0.15) is 22.3 Å². The van der Waals surface area contributed by atoms with E-state index in [-0.39, 0.29) is 6.54 Å². The number of likely N-dealkylation sites (N-methyl/N-ethyl adjacent to an activating group) is 1. The first-order chi connectivity index (χ1) is 7.64. The lowest BCUT2D eigenvalue weighted by Crippen LogP contribution is -2.47. The Morgan fingerprint density at radius 3 is 2.24 bits per heavy atom. The van der Waals surface area contributed by atoms with Gasteiger partial charge in [-0.3, -0.25) is 4.79 Å². The predicted octanol–water partition coefficient (Wildman–Crippen LogP) is -0.272. The van der Waals surface area contributed by atoms with E-state index in [2.05, 4.69) is 0 Å². The summed E-state index contributed by atoms with van der Waals surface area (Å²) in [6.07, 6.45) is 0. The maximum atomic E-state index is 11.9. The average Bonchev–Trinajstić information content (AvgIpc) is 2.26. The number of nitrogens with zero attached hydrogens (tertiary/aromatic N) is 3. The van der Waals surface area contributed by atoms with Crippen molar-refractivity contribution in [2.24, 2.45) is 5.92 Å². The minimum Gasteiger partial charge on any atom is -0.480 e. The number of carboxylic acids is 1. The normalized spacial score (nSPS) is 15.6. The van der Waals surface area contributed by atoms with E-state index in [0.717, 1.165) is 8.61 Å². The Labute approximate surface area is 101 Å². The van der Waals surface area contributed by atoms with Gasteiger partial charge in [-0.25, -0.2) is 0 Å². The second-order valence-electron chi connectivity index (χ2n) is 3.85. The predicted molar refractivity (Wildman–Crippen MR) is 61.2 cm³/mol. The van der Waals surface area contributed by atoms with Gasteiger partial charge in [0.1, 0.15) is 6.04 Å². The van der Waals surface area contributed by atoms with Crippen LogP contribution in [0.25, 0.3) is 0 Å². The Morgan fingerprint density at radius 1 is 1.41 bits per heavy atom. The van der Waals surface area contributed by atoms with Crippen molar-refractivity contribution in [1.82, 2.24) is 8.61 Å². The van der Waals surface area contributed by atoms with Crippen LogP contribution in [0.1, 0.15) is 13.8 Å². The Hall–Kier alpha value is -1.17. The molecule has 7 nitrogen and oxygen atoms in total. The molecule has 0 aromatic heterocycles. The summed E-state index contributed by atoms with van der Waals surface area (Å²) in [4.78, 5) is 10.7. The van der Waals surface area contributed by atoms with E-state index in [4.69, 9.17) is 10.4 Å². The van der Waals surface area contributed by atoms with Gasteiger partial charge >= 0.3 is 5.97 Å². The maximum Gasteiger partial charge on any atom is 0.321 e. The number of hydrogen-bond donors (Lipinski definition) is 1. The number of carboxylic acid groups (broad SMARTS) is 1. The summed E-state index contributed by atoms with van der Waals surface area (Å²) in [6.45, 7) is 2.89. The highest BCUT2D eigenvalue weighted by atomic mass is 32.2. The SMILES string of the molecule is CC(C#N)CN(C)S(=O)(=O)N(C)C(C)C(=O)O. The molecule has 0 radical (unpaired) electrons. The first-order valence-corrected chi connectivity index (χ1v) is 6.36. The fourth-order valence-corrected chi connectivity index (χ4v) is 2.44. The van der Waals surface area contributed by atoms with Gasteiger partial charge in [-0.15, -0.1) is 0 Å². The molecule has 0 aliphatic carbocycles. The van der Waals surface area contributed by atoms with Crippen molar-refractivity contribution in [3.63, 3.8) is 0 Å². The first-order valence-electron chi connectivity index (χ1n) is 4.96. The topological polar surface area (TPSA) is 102 Å². The molecule has 0 saturated carbocycles. The van der Waals surface area contributed by atoms with Gasteiger partial charge in [0.05, 0.1) is 12.0 Å². The summed E-state index contributed by atoms with van der Waals surface area (Å²) in [5.41, 5.74) is 0. The van der Waals surface area contributed by atoms with Gasteiger partial charge in [-0.1, -0.05) is 0 Å². The fraction of sp³-hybridized carbons (Fsp3) is 0.778. The van der Waals surface area contributed by atoms with Crippen LogP contribution < -0.4 is 0 Å². The molecule has 2 unspecified atom stereocenters. The Kier molecular flexibility index (Phi) is 5.54. The van der Waals surface area contributed by atoms with E-state index in [9.17, 15) is 13.2 Å². The van der Waals surface area contributed by atoms with Crippen molar-refractivity contribution < 1.29 is 18.3 Å². The van der Waals surface area contributed by atoms with Crippen molar-refractivity contribution in [2.45, 2.75) is 19.9 Å². The van der Waals surface area contributed by atoms with Crippen LogP contribution in [0.3, 0.4) is 0 Å². The molecule has 0 aromatic carbocycles. The lowest BCUT2D eigenvalue weighted by molar-refractivity contribution is -0.140. The zero-order chi connectivity index (χ0) is 13.8. The summed E-state index contributed by atoms with van der Waals surface area (Å²) in [5.74, 6) is -1.68. The van der Waals surface area contributed by atoms with Crippen molar-refractivity contribution >= 4 is 16.2 Å². The van der Waals surface area contributed by atoms with Gasteiger partial charge in [0.15, 0.2) is 0 Å². The zero-order valence-electron chi connectivity index (χ0n) is 10.3. The van der Waals surface area contributed by atoms with Crippen LogP contribution in [0, 0.1) is 17.2 Å². The van der Waals surface area contributed by atoms with Gasteiger partial charge in [0.2, 0.25) is 0 Å². The summed E-state index contributed by atoms with van der Waals surface area (Å²) >= 11 is 0. The molecule has 0 heterocycles. The highest BCUT2D eigenvalue weighted by Crippen LogP contribution is 2.10. The monoisotopic (exact) mass is 263 g/mol. The van der Waals surface area contributed by atoms with Crippen LogP contribution in [0.15, 0.2) is 0 Å². The number of nitriles is 1. The highest BCUT2D eigenvalue weighted by Gasteiger charge is 2.31. The van der Waals surface area contributed by atoms with Crippen LogP contribution >= 0.6 is 0 Å². The number of hydrogen-bond acceptors (Lipinski definition) is 4. The highest BCUT2D eigenvalue weighted by molar-refractivity contribution is 7.86. The second kappa shape index (κ2) is 5.95. The van der Waals surface area contributed by atoms with Crippen molar-refractivity contribution in [3.8, 4) is 6.07 Å². The van der Waals surface area contributed by atoms with Crippen LogP contribution in [0.5, 0.6) is 0 Å².